The molecule has 2 N–H and O–H groups in total. The number of halogens is 1. The van der Waals surface area contributed by atoms with Gasteiger partial charge in [-0.2, -0.15) is 0 Å². The van der Waals surface area contributed by atoms with Crippen LogP contribution in [0.25, 0.3) is 21.7 Å². The highest BCUT2D eigenvalue weighted by Crippen LogP contribution is 2.46. The van der Waals surface area contributed by atoms with E-state index in [-0.39, 0.29) is 17.4 Å². The van der Waals surface area contributed by atoms with E-state index in [4.69, 9.17) is 4.74 Å². The third kappa shape index (κ3) is 2.73. The molecule has 0 saturated carbocycles. The highest BCUT2D eigenvalue weighted by atomic mass is 19.1. The van der Waals surface area contributed by atoms with Crippen LogP contribution >= 0.6 is 0 Å². The molecule has 138 valence electrons. The topological polar surface area (TPSA) is 67.5 Å². The summed E-state index contributed by atoms with van der Waals surface area (Å²) in [5, 5.41) is 22.7. The van der Waals surface area contributed by atoms with Crippen LogP contribution < -0.4 is 4.74 Å². The molecule has 0 unspecified atom stereocenters. The van der Waals surface area contributed by atoms with Gasteiger partial charge < -0.3 is 19.5 Å². The van der Waals surface area contributed by atoms with Gasteiger partial charge in [-0.3, -0.25) is 4.98 Å². The number of aromatic nitrogens is 2. The van der Waals surface area contributed by atoms with Crippen molar-refractivity contribution in [3.63, 3.8) is 0 Å². The van der Waals surface area contributed by atoms with Crippen molar-refractivity contribution in [3.05, 3.63) is 59.7 Å². The minimum Gasteiger partial charge on any atom is -0.505 e. The van der Waals surface area contributed by atoms with Gasteiger partial charge in [0.25, 0.3) is 0 Å². The first-order valence-corrected chi connectivity index (χ1v) is 8.67. The number of hydrogen-bond donors (Lipinski definition) is 2. The first-order valence-electron chi connectivity index (χ1n) is 8.67. The van der Waals surface area contributed by atoms with Crippen molar-refractivity contribution < 1.29 is 19.3 Å². The summed E-state index contributed by atoms with van der Waals surface area (Å²) < 4.78 is 20.4. The average molecular weight is 366 g/mol. The van der Waals surface area contributed by atoms with Gasteiger partial charge in [-0.1, -0.05) is 12.1 Å². The van der Waals surface area contributed by atoms with Gasteiger partial charge in [-0.05, 0) is 42.7 Å². The molecule has 2 heterocycles. The molecule has 4 aromatic rings. The summed E-state index contributed by atoms with van der Waals surface area (Å²) >= 11 is 0. The van der Waals surface area contributed by atoms with E-state index in [0.29, 0.717) is 40.4 Å². The number of nitrogens with zero attached hydrogens (tertiary/aromatic N) is 2. The standard InChI is InChI=1S/C21H19FN2O3/c1-3-24-11-16-17(21(24)26)19(25)18-15(20(16)27-2)9-13(10-23-18)8-12-4-6-14(22)7-5-12/h4-7,9-11,25-26H,3,8H2,1-2H3. The molecule has 0 bridgehead atoms. The summed E-state index contributed by atoms with van der Waals surface area (Å²) in [7, 11) is 1.55. The van der Waals surface area contributed by atoms with Gasteiger partial charge in [0.1, 0.15) is 17.1 Å². The van der Waals surface area contributed by atoms with Gasteiger partial charge >= 0.3 is 0 Å². The molecule has 0 fully saturated rings. The number of benzene rings is 2. The van der Waals surface area contributed by atoms with Gasteiger partial charge in [0.2, 0.25) is 5.88 Å². The second-order valence-corrected chi connectivity index (χ2v) is 6.45. The Bertz CT molecular complexity index is 1150. The van der Waals surface area contributed by atoms with Crippen molar-refractivity contribution in [1.82, 2.24) is 9.55 Å². The monoisotopic (exact) mass is 366 g/mol. The average Bonchev–Trinajstić information content (AvgIpc) is 3.00. The van der Waals surface area contributed by atoms with E-state index >= 15 is 0 Å². The Morgan fingerprint density at radius 3 is 2.52 bits per heavy atom. The summed E-state index contributed by atoms with van der Waals surface area (Å²) in [5.74, 6) is 0.194. The van der Waals surface area contributed by atoms with Crippen LogP contribution in [-0.4, -0.2) is 26.9 Å². The molecule has 4 rings (SSSR count). The number of rotatable bonds is 4. The number of aromatic hydroxyl groups is 2. The first-order chi connectivity index (χ1) is 13.0. The summed E-state index contributed by atoms with van der Waals surface area (Å²) in [6.45, 7) is 2.46. The molecule has 5 nitrogen and oxygen atoms in total. The largest absolute Gasteiger partial charge is 0.505 e. The third-order valence-corrected chi connectivity index (χ3v) is 4.81. The lowest BCUT2D eigenvalue weighted by molar-refractivity contribution is 0.421. The lowest BCUT2D eigenvalue weighted by Gasteiger charge is -2.11. The van der Waals surface area contributed by atoms with Crippen LogP contribution in [0.2, 0.25) is 0 Å². The van der Waals surface area contributed by atoms with Crippen molar-refractivity contribution >= 4 is 21.7 Å². The highest BCUT2D eigenvalue weighted by Gasteiger charge is 2.21. The SMILES string of the molecule is CCn1cc2c(OC)c3cc(Cc4ccc(F)cc4)cnc3c(O)c2c1O. The van der Waals surface area contributed by atoms with E-state index in [1.165, 1.54) is 12.1 Å². The number of pyridine rings is 1. The zero-order valence-electron chi connectivity index (χ0n) is 15.0. The van der Waals surface area contributed by atoms with Crippen LogP contribution in [0.15, 0.2) is 42.7 Å². The maximum Gasteiger partial charge on any atom is 0.203 e. The quantitative estimate of drug-likeness (QED) is 0.563. The fraction of sp³-hybridized carbons (Fsp3) is 0.190. The predicted octanol–water partition coefficient (Wildman–Crippen LogP) is 4.36. The number of methoxy groups -OCH3 is 1. The molecule has 0 spiro atoms. The summed E-state index contributed by atoms with van der Waals surface area (Å²) in [6, 6.07) is 8.23. The molecule has 0 aliphatic carbocycles. The van der Waals surface area contributed by atoms with Crippen molar-refractivity contribution in [2.24, 2.45) is 0 Å². The number of fused-ring (bicyclic) bond motifs is 2. The Morgan fingerprint density at radius 2 is 1.85 bits per heavy atom. The van der Waals surface area contributed by atoms with E-state index in [9.17, 15) is 14.6 Å². The Morgan fingerprint density at radius 1 is 1.11 bits per heavy atom. The molecule has 0 saturated heterocycles. The van der Waals surface area contributed by atoms with Gasteiger partial charge in [-0.25, -0.2) is 4.39 Å². The molecule has 0 radical (unpaired) electrons. The Hall–Kier alpha value is -3.28. The number of hydrogen-bond acceptors (Lipinski definition) is 4. The van der Waals surface area contributed by atoms with E-state index in [1.807, 2.05) is 13.0 Å². The second-order valence-electron chi connectivity index (χ2n) is 6.45. The number of phenolic OH excluding ortho intramolecular Hbond substituents is 1. The lowest BCUT2D eigenvalue weighted by atomic mass is 10.0. The van der Waals surface area contributed by atoms with E-state index in [1.54, 1.807) is 36.2 Å². The summed E-state index contributed by atoms with van der Waals surface area (Å²) in [4.78, 5) is 4.40. The lowest BCUT2D eigenvalue weighted by Crippen LogP contribution is -1.94. The fourth-order valence-corrected chi connectivity index (χ4v) is 3.48. The van der Waals surface area contributed by atoms with E-state index in [2.05, 4.69) is 4.98 Å². The van der Waals surface area contributed by atoms with Crippen molar-refractivity contribution in [2.45, 2.75) is 19.9 Å². The highest BCUT2D eigenvalue weighted by molar-refractivity contribution is 6.11. The summed E-state index contributed by atoms with van der Waals surface area (Å²) in [5.41, 5.74) is 2.23. The van der Waals surface area contributed by atoms with E-state index < -0.39 is 0 Å². The Labute approximate surface area is 155 Å². The smallest absolute Gasteiger partial charge is 0.203 e. The maximum atomic E-state index is 13.1. The van der Waals surface area contributed by atoms with Gasteiger partial charge in [0, 0.05) is 29.7 Å². The van der Waals surface area contributed by atoms with Gasteiger partial charge in [0.15, 0.2) is 5.75 Å². The molecule has 2 aromatic heterocycles. The second kappa shape index (κ2) is 6.46. The van der Waals surface area contributed by atoms with Crippen LogP contribution in [0.4, 0.5) is 4.39 Å². The first kappa shape index (κ1) is 17.1. The van der Waals surface area contributed by atoms with Crippen molar-refractivity contribution in [2.75, 3.05) is 7.11 Å². The van der Waals surface area contributed by atoms with Gasteiger partial charge in [-0.15, -0.1) is 0 Å². The van der Waals surface area contributed by atoms with Crippen LogP contribution in [0, 0.1) is 5.82 Å². The van der Waals surface area contributed by atoms with Gasteiger partial charge in [0.05, 0.1) is 12.5 Å². The minimum atomic E-state index is -0.274. The van der Waals surface area contributed by atoms with Crippen LogP contribution in [0.3, 0.4) is 0 Å². The zero-order chi connectivity index (χ0) is 19.1. The Kier molecular flexibility index (Phi) is 4.11. The van der Waals surface area contributed by atoms with Crippen LogP contribution in [0.1, 0.15) is 18.1 Å². The van der Waals surface area contributed by atoms with Crippen LogP contribution in [0.5, 0.6) is 17.4 Å². The molecule has 0 aliphatic heterocycles. The third-order valence-electron chi connectivity index (χ3n) is 4.81. The molecule has 0 aliphatic rings. The molecular formula is C21H19FN2O3. The number of ether oxygens (including phenoxy) is 1. The zero-order valence-corrected chi connectivity index (χ0v) is 15.0. The molecule has 6 heteroatoms. The van der Waals surface area contributed by atoms with Crippen LogP contribution in [-0.2, 0) is 13.0 Å². The molecule has 0 amide bonds. The minimum absolute atomic E-state index is 0.0117. The molecule has 27 heavy (non-hydrogen) atoms. The fourth-order valence-electron chi connectivity index (χ4n) is 3.48. The maximum absolute atomic E-state index is 13.1. The molecule has 0 atom stereocenters. The van der Waals surface area contributed by atoms with Crippen molar-refractivity contribution in [1.29, 1.82) is 0 Å². The number of phenols is 1. The van der Waals surface area contributed by atoms with E-state index in [0.717, 1.165) is 11.1 Å². The summed E-state index contributed by atoms with van der Waals surface area (Å²) in [6.07, 6.45) is 4.01. The number of aryl methyl sites for hydroxylation is 1. The Balaban J connectivity index is 1.92. The predicted molar refractivity (Wildman–Crippen MR) is 102 cm³/mol. The van der Waals surface area contributed by atoms with Crippen molar-refractivity contribution in [3.8, 4) is 17.4 Å². The molecular weight excluding hydrogens is 347 g/mol. The normalized spacial score (nSPS) is 11.4. The molecule has 2 aromatic carbocycles.